The molecule has 5 nitrogen and oxygen atoms in total. The fraction of sp³-hybridized carbons (Fsp3) is 0.682. The zero-order valence-corrected chi connectivity index (χ0v) is 16.7. The molecule has 1 aromatic rings. The van der Waals surface area contributed by atoms with Gasteiger partial charge >= 0.3 is 5.97 Å². The number of benzene rings is 1. The van der Waals surface area contributed by atoms with E-state index in [9.17, 15) is 15.0 Å². The molecule has 5 heteroatoms. The maximum absolute atomic E-state index is 10.4. The number of phenolic OH excluding ortho intramolecular Hbond substituents is 2. The zero-order valence-electron chi connectivity index (χ0n) is 16.7. The van der Waals surface area contributed by atoms with Gasteiger partial charge in [-0.2, -0.15) is 0 Å². The third kappa shape index (κ3) is 10.7. The topological polar surface area (TPSA) is 87.0 Å². The number of carbonyl (C=O) groups is 1. The van der Waals surface area contributed by atoms with E-state index in [1.165, 1.54) is 58.1 Å². The van der Waals surface area contributed by atoms with E-state index in [0.717, 1.165) is 44.1 Å². The molecule has 27 heavy (non-hydrogen) atoms. The average Bonchev–Trinajstić information content (AvgIpc) is 2.64. The smallest absolute Gasteiger partial charge is 0.303 e. The summed E-state index contributed by atoms with van der Waals surface area (Å²) in [5.41, 5.74) is 0.746. The normalized spacial score (nSPS) is 10.9. The standard InChI is InChI=1S/C22H36O5/c1-27-20-17-19(23)16-18(22(20)26)14-12-10-8-6-4-2-3-5-7-9-11-13-15-21(24)25/h16-17,23,26H,2-15H2,1H3,(H,24,25). The van der Waals surface area contributed by atoms with Gasteiger partial charge in [0.15, 0.2) is 11.5 Å². The van der Waals surface area contributed by atoms with Crippen molar-refractivity contribution >= 4 is 5.97 Å². The van der Waals surface area contributed by atoms with Gasteiger partial charge in [0, 0.05) is 18.1 Å². The Kier molecular flexibility index (Phi) is 12.2. The van der Waals surface area contributed by atoms with Gasteiger partial charge in [0.1, 0.15) is 5.75 Å². The first kappa shape index (κ1) is 23.1. The van der Waals surface area contributed by atoms with Crippen molar-refractivity contribution in [2.75, 3.05) is 7.11 Å². The second-order valence-corrected chi connectivity index (χ2v) is 7.29. The lowest BCUT2D eigenvalue weighted by molar-refractivity contribution is -0.137. The molecular formula is C22H36O5. The van der Waals surface area contributed by atoms with Crippen LogP contribution in [-0.4, -0.2) is 28.4 Å². The lowest BCUT2D eigenvalue weighted by Gasteiger charge is -2.10. The summed E-state index contributed by atoms with van der Waals surface area (Å²) in [5.74, 6) is -0.0971. The molecule has 0 spiro atoms. The van der Waals surface area contributed by atoms with Crippen molar-refractivity contribution in [3.05, 3.63) is 17.7 Å². The van der Waals surface area contributed by atoms with Gasteiger partial charge in [0.2, 0.25) is 0 Å². The maximum atomic E-state index is 10.4. The number of aliphatic carboxylic acids is 1. The van der Waals surface area contributed by atoms with Crippen LogP contribution in [-0.2, 0) is 11.2 Å². The number of hydrogen-bond donors (Lipinski definition) is 3. The second-order valence-electron chi connectivity index (χ2n) is 7.29. The summed E-state index contributed by atoms with van der Waals surface area (Å²) in [6.45, 7) is 0. The molecule has 154 valence electrons. The van der Waals surface area contributed by atoms with Gasteiger partial charge in [-0.25, -0.2) is 0 Å². The molecule has 0 aliphatic rings. The predicted octanol–water partition coefficient (Wildman–Crippen LogP) is 5.80. The van der Waals surface area contributed by atoms with Crippen LogP contribution < -0.4 is 4.74 Å². The van der Waals surface area contributed by atoms with Crippen molar-refractivity contribution in [1.29, 1.82) is 0 Å². The highest BCUT2D eigenvalue weighted by Crippen LogP contribution is 2.35. The van der Waals surface area contributed by atoms with Crippen LogP contribution in [0.25, 0.3) is 0 Å². The molecule has 0 heterocycles. The SMILES string of the molecule is COc1cc(O)cc(CCCCCCCCCCCCCCC(=O)O)c1O. The number of carboxylic acids is 1. The number of unbranched alkanes of at least 4 members (excludes halogenated alkanes) is 11. The van der Waals surface area contributed by atoms with Crippen LogP contribution in [0.1, 0.15) is 89.0 Å². The third-order valence-electron chi connectivity index (χ3n) is 4.95. The Labute approximate surface area is 163 Å². The molecule has 0 saturated heterocycles. The van der Waals surface area contributed by atoms with Gasteiger partial charge in [-0.15, -0.1) is 0 Å². The van der Waals surface area contributed by atoms with E-state index in [1.54, 1.807) is 6.07 Å². The first-order valence-corrected chi connectivity index (χ1v) is 10.3. The fourth-order valence-corrected chi connectivity index (χ4v) is 3.36. The molecule has 0 saturated carbocycles. The van der Waals surface area contributed by atoms with E-state index < -0.39 is 5.97 Å². The van der Waals surface area contributed by atoms with E-state index in [4.69, 9.17) is 9.84 Å². The lowest BCUT2D eigenvalue weighted by atomic mass is 10.0. The first-order valence-electron chi connectivity index (χ1n) is 10.3. The molecule has 1 aromatic carbocycles. The van der Waals surface area contributed by atoms with Crippen molar-refractivity contribution in [3.63, 3.8) is 0 Å². The Balaban J connectivity index is 1.95. The Morgan fingerprint density at radius 2 is 1.30 bits per heavy atom. The lowest BCUT2D eigenvalue weighted by Crippen LogP contribution is -1.93. The second kappa shape index (κ2) is 14.2. The van der Waals surface area contributed by atoms with Crippen LogP contribution in [0.15, 0.2) is 12.1 Å². The highest BCUT2D eigenvalue weighted by molar-refractivity contribution is 5.66. The summed E-state index contributed by atoms with van der Waals surface area (Å²) in [7, 11) is 1.48. The highest BCUT2D eigenvalue weighted by atomic mass is 16.5. The summed E-state index contributed by atoms with van der Waals surface area (Å²) in [6.07, 6.45) is 14.9. The number of phenols is 2. The van der Waals surface area contributed by atoms with Crippen LogP contribution in [0, 0.1) is 0 Å². The van der Waals surface area contributed by atoms with Gasteiger partial charge in [0.25, 0.3) is 0 Å². The highest BCUT2D eigenvalue weighted by Gasteiger charge is 2.10. The minimum Gasteiger partial charge on any atom is -0.508 e. The third-order valence-corrected chi connectivity index (χ3v) is 4.95. The number of aryl methyl sites for hydroxylation is 1. The van der Waals surface area contributed by atoms with Crippen molar-refractivity contribution in [2.45, 2.75) is 89.9 Å². The molecule has 1 rings (SSSR count). The average molecular weight is 381 g/mol. The molecule has 0 atom stereocenters. The molecule has 0 fully saturated rings. The number of carboxylic acid groups (broad SMARTS) is 1. The van der Waals surface area contributed by atoms with E-state index in [2.05, 4.69) is 0 Å². The molecule has 0 aromatic heterocycles. The number of aromatic hydroxyl groups is 2. The van der Waals surface area contributed by atoms with E-state index in [0.29, 0.717) is 12.2 Å². The summed E-state index contributed by atoms with van der Waals surface area (Å²) in [4.78, 5) is 10.4. The van der Waals surface area contributed by atoms with Gasteiger partial charge < -0.3 is 20.1 Å². The summed E-state index contributed by atoms with van der Waals surface area (Å²) in [6, 6.07) is 3.04. The maximum Gasteiger partial charge on any atom is 0.303 e. The number of ether oxygens (including phenoxy) is 1. The van der Waals surface area contributed by atoms with Crippen LogP contribution in [0.2, 0.25) is 0 Å². The Bertz CT molecular complexity index is 542. The molecule has 0 bridgehead atoms. The largest absolute Gasteiger partial charge is 0.508 e. The van der Waals surface area contributed by atoms with Gasteiger partial charge in [-0.1, -0.05) is 64.2 Å². The quantitative estimate of drug-likeness (QED) is 0.249. The van der Waals surface area contributed by atoms with E-state index in [1.807, 2.05) is 0 Å². The molecule has 0 unspecified atom stereocenters. The van der Waals surface area contributed by atoms with Gasteiger partial charge in [0.05, 0.1) is 7.11 Å². The number of rotatable bonds is 16. The van der Waals surface area contributed by atoms with Gasteiger partial charge in [-0.3, -0.25) is 4.79 Å². The van der Waals surface area contributed by atoms with Crippen LogP contribution in [0.5, 0.6) is 17.2 Å². The number of hydrogen-bond acceptors (Lipinski definition) is 4. The van der Waals surface area contributed by atoms with Gasteiger partial charge in [-0.05, 0) is 25.3 Å². The summed E-state index contributed by atoms with van der Waals surface area (Å²) >= 11 is 0. The van der Waals surface area contributed by atoms with Crippen LogP contribution in [0.3, 0.4) is 0 Å². The van der Waals surface area contributed by atoms with E-state index in [-0.39, 0.29) is 11.5 Å². The molecular weight excluding hydrogens is 344 g/mol. The molecule has 3 N–H and O–H groups in total. The van der Waals surface area contributed by atoms with Crippen LogP contribution >= 0.6 is 0 Å². The molecule has 0 amide bonds. The minimum absolute atomic E-state index is 0.126. The minimum atomic E-state index is -0.687. The monoisotopic (exact) mass is 380 g/mol. The summed E-state index contributed by atoms with van der Waals surface area (Å²) < 4.78 is 5.06. The van der Waals surface area contributed by atoms with Crippen molar-refractivity contribution < 1.29 is 24.9 Å². The Hall–Kier alpha value is -1.91. The number of methoxy groups -OCH3 is 1. The molecule has 0 radical (unpaired) electrons. The Morgan fingerprint density at radius 3 is 1.78 bits per heavy atom. The van der Waals surface area contributed by atoms with Crippen molar-refractivity contribution in [1.82, 2.24) is 0 Å². The predicted molar refractivity (Wildman–Crippen MR) is 108 cm³/mol. The molecule has 0 aliphatic heterocycles. The van der Waals surface area contributed by atoms with Crippen molar-refractivity contribution in [2.24, 2.45) is 0 Å². The molecule has 0 aliphatic carbocycles. The summed E-state index contributed by atoms with van der Waals surface area (Å²) in [5, 5.41) is 28.3. The van der Waals surface area contributed by atoms with E-state index >= 15 is 0 Å². The first-order chi connectivity index (χ1) is 13.0. The Morgan fingerprint density at radius 1 is 0.815 bits per heavy atom. The fourth-order valence-electron chi connectivity index (χ4n) is 3.36. The van der Waals surface area contributed by atoms with Crippen molar-refractivity contribution in [3.8, 4) is 17.2 Å². The zero-order chi connectivity index (χ0) is 19.9. The van der Waals surface area contributed by atoms with Crippen LogP contribution in [0.4, 0.5) is 0 Å².